The Kier molecular flexibility index (Phi) is 2.98. The van der Waals surface area contributed by atoms with Crippen LogP contribution in [0.3, 0.4) is 0 Å². The second-order valence-electron chi connectivity index (χ2n) is 6.90. The van der Waals surface area contributed by atoms with Crippen LogP contribution in [0.15, 0.2) is 30.5 Å². The van der Waals surface area contributed by atoms with Crippen molar-refractivity contribution >= 4 is 28.2 Å². The monoisotopic (exact) mass is 288 g/mol. The lowest BCUT2D eigenvalue weighted by molar-refractivity contribution is 0.457. The first kappa shape index (κ1) is 13.7. The van der Waals surface area contributed by atoms with Crippen molar-refractivity contribution < 1.29 is 0 Å². The molecule has 1 fully saturated rings. The van der Waals surface area contributed by atoms with E-state index in [1.54, 1.807) is 0 Å². The van der Waals surface area contributed by atoms with E-state index < -0.39 is 0 Å². The Morgan fingerprint density at radius 3 is 2.50 bits per heavy atom. The Balaban J connectivity index is 1.83. The summed E-state index contributed by atoms with van der Waals surface area (Å²) in [5.41, 5.74) is 2.90. The summed E-state index contributed by atoms with van der Waals surface area (Å²) in [6, 6.07) is 7.91. The maximum absolute atomic E-state index is 6.02. The highest BCUT2D eigenvalue weighted by Crippen LogP contribution is 2.68. The Morgan fingerprint density at radius 2 is 1.85 bits per heavy atom. The number of pyridine rings is 1. The van der Waals surface area contributed by atoms with Gasteiger partial charge in [0.2, 0.25) is 0 Å². The molecule has 0 aliphatic heterocycles. The van der Waals surface area contributed by atoms with Gasteiger partial charge in [0.1, 0.15) is 0 Å². The first-order valence-corrected chi connectivity index (χ1v) is 7.50. The average molecular weight is 289 g/mol. The molecule has 2 nitrogen and oxygen atoms in total. The van der Waals surface area contributed by atoms with Gasteiger partial charge in [0, 0.05) is 28.8 Å². The molecule has 0 saturated heterocycles. The van der Waals surface area contributed by atoms with Crippen LogP contribution in [0, 0.1) is 16.7 Å². The number of hydrogen-bond donors (Lipinski definition) is 1. The number of fused-ring (bicyclic) bond motifs is 1. The molecule has 0 atom stereocenters. The van der Waals surface area contributed by atoms with Crippen molar-refractivity contribution in [1.82, 2.24) is 4.98 Å². The molecule has 0 bridgehead atoms. The van der Waals surface area contributed by atoms with E-state index in [9.17, 15) is 0 Å². The number of nitrogens with zero attached hydrogens (tertiary/aromatic N) is 1. The third-order valence-corrected chi connectivity index (χ3v) is 5.76. The van der Waals surface area contributed by atoms with Gasteiger partial charge in [-0.25, -0.2) is 0 Å². The summed E-state index contributed by atoms with van der Waals surface area (Å²) in [5, 5.41) is 5.46. The van der Waals surface area contributed by atoms with Gasteiger partial charge in [0.05, 0.1) is 5.52 Å². The van der Waals surface area contributed by atoms with Crippen LogP contribution in [-0.4, -0.2) is 11.5 Å². The highest BCUT2D eigenvalue weighted by Gasteiger charge is 2.63. The van der Waals surface area contributed by atoms with Gasteiger partial charge in [0.15, 0.2) is 0 Å². The minimum absolute atomic E-state index is 0.409. The molecule has 1 aliphatic carbocycles. The van der Waals surface area contributed by atoms with Crippen LogP contribution < -0.4 is 5.32 Å². The van der Waals surface area contributed by atoms with Crippen LogP contribution in [0.4, 0.5) is 5.69 Å². The zero-order valence-electron chi connectivity index (χ0n) is 12.5. The molecule has 0 spiro atoms. The smallest absolute Gasteiger partial charge is 0.0737 e. The van der Waals surface area contributed by atoms with E-state index in [0.717, 1.165) is 28.2 Å². The van der Waals surface area contributed by atoms with E-state index in [0.29, 0.717) is 16.7 Å². The normalized spacial score (nSPS) is 20.1. The summed E-state index contributed by atoms with van der Waals surface area (Å²) in [7, 11) is 0. The predicted octanol–water partition coefficient (Wildman–Crippen LogP) is 4.98. The van der Waals surface area contributed by atoms with Crippen molar-refractivity contribution in [2.24, 2.45) is 16.7 Å². The number of rotatable bonds is 3. The third-order valence-electron chi connectivity index (χ3n) is 5.52. The quantitative estimate of drug-likeness (QED) is 0.861. The number of benzene rings is 1. The van der Waals surface area contributed by atoms with Crippen LogP contribution in [0.5, 0.6) is 0 Å². The zero-order chi connectivity index (χ0) is 14.5. The molecule has 0 radical (unpaired) electrons. The van der Waals surface area contributed by atoms with E-state index in [-0.39, 0.29) is 0 Å². The van der Waals surface area contributed by atoms with Gasteiger partial charge in [-0.05, 0) is 41.0 Å². The summed E-state index contributed by atoms with van der Waals surface area (Å²) in [6.07, 6.45) is 1.84. The van der Waals surface area contributed by atoms with Gasteiger partial charge in [0.25, 0.3) is 0 Å². The zero-order valence-corrected chi connectivity index (χ0v) is 13.3. The molecule has 1 saturated carbocycles. The lowest BCUT2D eigenvalue weighted by atomic mass is 10.0. The van der Waals surface area contributed by atoms with Crippen molar-refractivity contribution in [1.29, 1.82) is 0 Å². The first-order valence-electron chi connectivity index (χ1n) is 7.12. The molecule has 0 unspecified atom stereocenters. The highest BCUT2D eigenvalue weighted by molar-refractivity contribution is 6.31. The second-order valence-corrected chi connectivity index (χ2v) is 7.33. The van der Waals surface area contributed by atoms with Crippen molar-refractivity contribution in [3.63, 3.8) is 0 Å². The van der Waals surface area contributed by atoms with Gasteiger partial charge in [-0.15, -0.1) is 0 Å². The standard InChI is InChI=1S/C17H21ClN2/c1-16(2)15(17(16,3)4)10-20-13-7-8-19-14-9-11(18)5-6-12(13)14/h5-9,15H,10H2,1-4H3,(H,19,20). The summed E-state index contributed by atoms with van der Waals surface area (Å²) in [5.74, 6) is 0.700. The Labute approximate surface area is 125 Å². The molecular formula is C17H21ClN2. The molecule has 1 aromatic carbocycles. The molecule has 0 amide bonds. The van der Waals surface area contributed by atoms with E-state index in [1.165, 1.54) is 0 Å². The van der Waals surface area contributed by atoms with Crippen LogP contribution in [0.2, 0.25) is 5.02 Å². The number of hydrogen-bond acceptors (Lipinski definition) is 2. The van der Waals surface area contributed by atoms with Crippen LogP contribution in [0.25, 0.3) is 10.9 Å². The lowest BCUT2D eigenvalue weighted by Gasteiger charge is -2.10. The first-order chi connectivity index (χ1) is 9.34. The molecule has 2 aromatic rings. The SMILES string of the molecule is CC1(C)C(CNc2ccnc3cc(Cl)ccc23)C1(C)C. The minimum atomic E-state index is 0.409. The Morgan fingerprint density at radius 1 is 1.15 bits per heavy atom. The van der Waals surface area contributed by atoms with Crippen molar-refractivity contribution in [2.75, 3.05) is 11.9 Å². The maximum Gasteiger partial charge on any atom is 0.0737 e. The number of aromatic nitrogens is 1. The summed E-state index contributed by atoms with van der Waals surface area (Å²) >= 11 is 6.02. The molecule has 1 aromatic heterocycles. The van der Waals surface area contributed by atoms with E-state index >= 15 is 0 Å². The molecule has 20 heavy (non-hydrogen) atoms. The highest BCUT2D eigenvalue weighted by atomic mass is 35.5. The number of nitrogens with one attached hydrogen (secondary N) is 1. The van der Waals surface area contributed by atoms with Gasteiger partial charge in [-0.3, -0.25) is 4.98 Å². The lowest BCUT2D eigenvalue weighted by Crippen LogP contribution is -2.08. The van der Waals surface area contributed by atoms with Crippen LogP contribution >= 0.6 is 11.6 Å². The average Bonchev–Trinajstić information content (AvgIpc) is 2.76. The topological polar surface area (TPSA) is 24.9 Å². The fourth-order valence-corrected chi connectivity index (χ4v) is 3.50. The van der Waals surface area contributed by atoms with Gasteiger partial charge in [-0.1, -0.05) is 39.3 Å². The molecule has 1 heterocycles. The van der Waals surface area contributed by atoms with Crippen LogP contribution in [-0.2, 0) is 0 Å². The van der Waals surface area contributed by atoms with Crippen LogP contribution in [0.1, 0.15) is 27.7 Å². The number of anilines is 1. The fraction of sp³-hybridized carbons (Fsp3) is 0.471. The fourth-order valence-electron chi connectivity index (χ4n) is 3.33. The molecule has 106 valence electrons. The minimum Gasteiger partial charge on any atom is -0.384 e. The third kappa shape index (κ3) is 1.98. The Bertz CT molecular complexity index is 647. The van der Waals surface area contributed by atoms with Crippen molar-refractivity contribution in [3.8, 4) is 0 Å². The van der Waals surface area contributed by atoms with Crippen molar-refractivity contribution in [2.45, 2.75) is 27.7 Å². The Hall–Kier alpha value is -1.28. The molecule has 3 heteroatoms. The molecule has 1 aliphatic rings. The van der Waals surface area contributed by atoms with Gasteiger partial charge >= 0.3 is 0 Å². The molecule has 1 N–H and O–H groups in total. The van der Waals surface area contributed by atoms with Gasteiger partial charge < -0.3 is 5.32 Å². The summed E-state index contributed by atoms with van der Waals surface area (Å²) in [4.78, 5) is 4.38. The molecule has 3 rings (SSSR count). The largest absolute Gasteiger partial charge is 0.384 e. The molecular weight excluding hydrogens is 268 g/mol. The van der Waals surface area contributed by atoms with Crippen molar-refractivity contribution in [3.05, 3.63) is 35.5 Å². The summed E-state index contributed by atoms with van der Waals surface area (Å²) < 4.78 is 0. The van der Waals surface area contributed by atoms with E-state index in [2.05, 4.69) is 38.0 Å². The maximum atomic E-state index is 6.02. The van der Waals surface area contributed by atoms with E-state index in [4.69, 9.17) is 11.6 Å². The second kappa shape index (κ2) is 4.36. The number of halogens is 1. The summed E-state index contributed by atoms with van der Waals surface area (Å²) in [6.45, 7) is 10.4. The predicted molar refractivity (Wildman–Crippen MR) is 86.3 cm³/mol. The van der Waals surface area contributed by atoms with Gasteiger partial charge in [-0.2, -0.15) is 0 Å². The van der Waals surface area contributed by atoms with E-state index in [1.807, 2.05) is 30.5 Å².